The van der Waals surface area contributed by atoms with Crippen LogP contribution in [0.25, 0.3) is 98.4 Å². The van der Waals surface area contributed by atoms with Crippen molar-refractivity contribution in [2.45, 2.75) is 0 Å². The van der Waals surface area contributed by atoms with Crippen LogP contribution in [0.15, 0.2) is 162 Å². The molecule has 0 bridgehead atoms. The standard InChI is InChI=1S/C44H26O/c1-2-7-27(8-3-1)29-14-15-31-24-32(17-16-30(31)23-29)36-21-19-28-13-18-33-25-35(26-34-20-22-39(36)43(28)42(33)34)37-10-6-11-40-38-9-4-5-12-41(38)45-44(37)40/h1-26H. The summed E-state index contributed by atoms with van der Waals surface area (Å²) in [5.74, 6) is 0. The Bertz CT molecular complexity index is 2730. The number of furan rings is 1. The Morgan fingerprint density at radius 3 is 1.82 bits per heavy atom. The minimum atomic E-state index is 0.926. The summed E-state index contributed by atoms with van der Waals surface area (Å²) in [5.41, 5.74) is 9.17. The molecule has 0 radical (unpaired) electrons. The van der Waals surface area contributed by atoms with Crippen molar-refractivity contribution in [1.29, 1.82) is 0 Å². The molecule has 0 amide bonds. The summed E-state index contributed by atoms with van der Waals surface area (Å²) in [5, 5.41) is 12.5. The number of para-hydroxylation sites is 2. The fourth-order valence-electron chi connectivity index (χ4n) is 7.42. The van der Waals surface area contributed by atoms with Gasteiger partial charge in [-0.2, -0.15) is 0 Å². The molecule has 208 valence electrons. The number of hydrogen-bond acceptors (Lipinski definition) is 1. The van der Waals surface area contributed by atoms with Gasteiger partial charge in [-0.25, -0.2) is 0 Å². The summed E-state index contributed by atoms with van der Waals surface area (Å²) in [6, 6.07) is 57.4. The first-order chi connectivity index (χ1) is 22.3. The Hall–Kier alpha value is -5.92. The first-order valence-corrected chi connectivity index (χ1v) is 15.5. The van der Waals surface area contributed by atoms with Gasteiger partial charge in [0.2, 0.25) is 0 Å². The van der Waals surface area contributed by atoms with E-state index in [0.29, 0.717) is 0 Å². The highest BCUT2D eigenvalue weighted by atomic mass is 16.3. The lowest BCUT2D eigenvalue weighted by Gasteiger charge is -2.16. The van der Waals surface area contributed by atoms with Gasteiger partial charge in [0.1, 0.15) is 11.2 Å². The average molecular weight is 571 g/mol. The van der Waals surface area contributed by atoms with Crippen molar-refractivity contribution in [2.24, 2.45) is 0 Å². The largest absolute Gasteiger partial charge is 0.455 e. The van der Waals surface area contributed by atoms with Crippen molar-refractivity contribution in [3.05, 3.63) is 158 Å². The van der Waals surface area contributed by atoms with Crippen molar-refractivity contribution in [2.75, 3.05) is 0 Å². The van der Waals surface area contributed by atoms with Gasteiger partial charge in [0.15, 0.2) is 0 Å². The van der Waals surface area contributed by atoms with Crippen LogP contribution >= 0.6 is 0 Å². The van der Waals surface area contributed by atoms with Crippen molar-refractivity contribution in [3.8, 4) is 33.4 Å². The molecule has 0 aliphatic rings. The fourth-order valence-corrected chi connectivity index (χ4v) is 7.42. The molecule has 0 atom stereocenters. The molecule has 0 spiro atoms. The van der Waals surface area contributed by atoms with Gasteiger partial charge < -0.3 is 4.42 Å². The van der Waals surface area contributed by atoms with Crippen LogP contribution in [0.1, 0.15) is 0 Å². The van der Waals surface area contributed by atoms with Gasteiger partial charge >= 0.3 is 0 Å². The third-order valence-corrected chi connectivity index (χ3v) is 9.57. The molecule has 10 aromatic rings. The topological polar surface area (TPSA) is 13.1 Å². The minimum Gasteiger partial charge on any atom is -0.455 e. The highest BCUT2D eigenvalue weighted by Crippen LogP contribution is 2.43. The van der Waals surface area contributed by atoms with E-state index in [1.807, 2.05) is 6.07 Å². The Kier molecular flexibility index (Phi) is 5.06. The van der Waals surface area contributed by atoms with Crippen LogP contribution in [0, 0.1) is 0 Å². The second-order valence-electron chi connectivity index (χ2n) is 12.1. The molecule has 1 heteroatoms. The van der Waals surface area contributed by atoms with E-state index >= 15 is 0 Å². The molecule has 0 aliphatic carbocycles. The van der Waals surface area contributed by atoms with E-state index in [9.17, 15) is 0 Å². The van der Waals surface area contributed by atoms with Crippen LogP contribution in [-0.2, 0) is 0 Å². The summed E-state index contributed by atoms with van der Waals surface area (Å²) in [6.07, 6.45) is 0. The molecular formula is C44H26O. The SMILES string of the molecule is c1ccc(-c2ccc3cc(-c4ccc5ccc6cc(-c7cccc8c7oc7ccccc78)cc7ccc4c5c67)ccc3c2)cc1. The molecule has 1 heterocycles. The lowest BCUT2D eigenvalue weighted by atomic mass is 9.87. The zero-order chi connectivity index (χ0) is 29.5. The van der Waals surface area contributed by atoms with Gasteiger partial charge in [0.05, 0.1) is 0 Å². The minimum absolute atomic E-state index is 0.926. The second kappa shape index (κ2) is 9.29. The highest BCUT2D eigenvalue weighted by molar-refractivity contribution is 6.26. The molecule has 1 aromatic heterocycles. The summed E-state index contributed by atoms with van der Waals surface area (Å²) >= 11 is 0. The molecule has 1 nitrogen and oxygen atoms in total. The maximum absolute atomic E-state index is 6.41. The quantitative estimate of drug-likeness (QED) is 0.193. The van der Waals surface area contributed by atoms with Gasteiger partial charge in [-0.15, -0.1) is 0 Å². The van der Waals surface area contributed by atoms with E-state index in [1.54, 1.807) is 0 Å². The van der Waals surface area contributed by atoms with Crippen LogP contribution < -0.4 is 0 Å². The lowest BCUT2D eigenvalue weighted by molar-refractivity contribution is 0.670. The van der Waals surface area contributed by atoms with Gasteiger partial charge in [-0.05, 0) is 101 Å². The first kappa shape index (κ1) is 24.5. The zero-order valence-corrected chi connectivity index (χ0v) is 24.4. The summed E-state index contributed by atoms with van der Waals surface area (Å²) < 4.78 is 6.41. The van der Waals surface area contributed by atoms with E-state index < -0.39 is 0 Å². The smallest absolute Gasteiger partial charge is 0.143 e. The predicted octanol–water partition coefficient (Wildman–Crippen LogP) is 12.6. The predicted molar refractivity (Wildman–Crippen MR) is 191 cm³/mol. The highest BCUT2D eigenvalue weighted by Gasteiger charge is 2.16. The number of rotatable bonds is 3. The molecule has 9 aromatic carbocycles. The van der Waals surface area contributed by atoms with Crippen molar-refractivity contribution < 1.29 is 4.42 Å². The second-order valence-corrected chi connectivity index (χ2v) is 12.1. The Morgan fingerprint density at radius 2 is 0.956 bits per heavy atom. The third-order valence-electron chi connectivity index (χ3n) is 9.57. The molecule has 0 N–H and O–H groups in total. The van der Waals surface area contributed by atoms with Gasteiger partial charge in [-0.3, -0.25) is 0 Å². The Morgan fingerprint density at radius 1 is 0.311 bits per heavy atom. The molecule has 0 saturated carbocycles. The maximum atomic E-state index is 6.41. The number of benzene rings is 9. The van der Waals surface area contributed by atoms with Crippen molar-refractivity contribution >= 4 is 65.0 Å². The molecule has 0 aliphatic heterocycles. The van der Waals surface area contributed by atoms with E-state index in [0.717, 1.165) is 27.5 Å². The van der Waals surface area contributed by atoms with Crippen molar-refractivity contribution in [3.63, 3.8) is 0 Å². The van der Waals surface area contributed by atoms with E-state index in [1.165, 1.54) is 70.9 Å². The molecule has 0 saturated heterocycles. The van der Waals surface area contributed by atoms with Gasteiger partial charge in [0, 0.05) is 16.3 Å². The van der Waals surface area contributed by atoms with Crippen LogP contribution in [-0.4, -0.2) is 0 Å². The van der Waals surface area contributed by atoms with E-state index in [4.69, 9.17) is 4.42 Å². The third kappa shape index (κ3) is 3.68. The van der Waals surface area contributed by atoms with Crippen molar-refractivity contribution in [1.82, 2.24) is 0 Å². The monoisotopic (exact) mass is 570 g/mol. The van der Waals surface area contributed by atoms with Crippen LogP contribution in [0.5, 0.6) is 0 Å². The van der Waals surface area contributed by atoms with Crippen LogP contribution in [0.4, 0.5) is 0 Å². The average Bonchev–Trinajstić information content (AvgIpc) is 3.49. The Labute approximate surface area is 259 Å². The van der Waals surface area contributed by atoms with E-state index in [2.05, 4.69) is 152 Å². The normalized spacial score (nSPS) is 12.0. The lowest BCUT2D eigenvalue weighted by Crippen LogP contribution is -1.89. The first-order valence-electron chi connectivity index (χ1n) is 15.5. The van der Waals surface area contributed by atoms with Crippen LogP contribution in [0.3, 0.4) is 0 Å². The summed E-state index contributed by atoms with van der Waals surface area (Å²) in [6.45, 7) is 0. The fraction of sp³-hybridized carbons (Fsp3) is 0. The zero-order valence-electron chi connectivity index (χ0n) is 24.4. The van der Waals surface area contributed by atoms with E-state index in [-0.39, 0.29) is 0 Å². The Balaban J connectivity index is 1.14. The van der Waals surface area contributed by atoms with Gasteiger partial charge in [0.25, 0.3) is 0 Å². The molecule has 0 fully saturated rings. The summed E-state index contributed by atoms with van der Waals surface area (Å²) in [4.78, 5) is 0. The van der Waals surface area contributed by atoms with Gasteiger partial charge in [-0.1, -0.05) is 127 Å². The number of fused-ring (bicyclic) bond motifs is 4. The summed E-state index contributed by atoms with van der Waals surface area (Å²) in [7, 11) is 0. The molecular weight excluding hydrogens is 544 g/mol. The molecule has 45 heavy (non-hydrogen) atoms. The number of hydrogen-bond donors (Lipinski definition) is 0. The molecule has 0 unspecified atom stereocenters. The maximum Gasteiger partial charge on any atom is 0.143 e. The van der Waals surface area contributed by atoms with Crippen LogP contribution in [0.2, 0.25) is 0 Å². The molecule has 10 rings (SSSR count).